The molecule has 8 atom stereocenters. The van der Waals surface area contributed by atoms with Crippen LogP contribution in [-0.2, 0) is 14.3 Å². The van der Waals surface area contributed by atoms with Gasteiger partial charge in [-0.25, -0.2) is 4.79 Å². The maximum atomic E-state index is 12.8. The minimum atomic E-state index is -0.293. The highest BCUT2D eigenvalue weighted by molar-refractivity contribution is 6.18. The van der Waals surface area contributed by atoms with Crippen LogP contribution in [0.4, 0.5) is 4.79 Å². The molecular weight excluding hydrogens is 689 g/mol. The Bertz CT molecular complexity index is 1140. The van der Waals surface area contributed by atoms with Crippen molar-refractivity contribution in [3.8, 4) is 0 Å². The molecule has 4 unspecified atom stereocenters. The minimum Gasteiger partial charge on any atom is -0.462 e. The van der Waals surface area contributed by atoms with Gasteiger partial charge in [0.25, 0.3) is 0 Å². The van der Waals surface area contributed by atoms with Gasteiger partial charge in [0.15, 0.2) is 0 Å². The van der Waals surface area contributed by atoms with E-state index in [1.807, 2.05) is 0 Å². The topological polar surface area (TPSA) is 55.8 Å². The molecule has 3 fully saturated rings. The summed E-state index contributed by atoms with van der Waals surface area (Å²) < 4.78 is 11.9. The number of unbranched alkanes of at least 4 members (excludes halogenated alkanes) is 11. The van der Waals surface area contributed by atoms with E-state index in [1.165, 1.54) is 96.3 Å². The summed E-state index contributed by atoms with van der Waals surface area (Å²) >= 11 is 11.8. The predicted octanol–water partition coefficient (Wildman–Crippen LogP) is 13.1. The summed E-state index contributed by atoms with van der Waals surface area (Å²) in [6.45, 7) is 11.0. The van der Waals surface area contributed by atoms with Crippen LogP contribution in [-0.4, -0.2) is 54.5 Å². The van der Waals surface area contributed by atoms with Crippen LogP contribution >= 0.6 is 23.2 Å². The summed E-state index contributed by atoms with van der Waals surface area (Å²) in [6, 6.07) is 0. The Labute approximate surface area is 328 Å². The standard InChI is InChI=1S/C45H75Cl2NO4/c1-5-6-7-8-9-10-11-12-13-14-15-16-17-18-19-20-42(49)52-37-25-27-44(3)36(33-37)21-22-38-40-24-23-39(45(40,4)28-26-41(38)44)35(2)34-51-43(50)48(31-29-46)32-30-47/h12-13,21,35,37-41H,5-11,14-20,22-34H2,1-4H3/b13-12-/t35?,37-,38?,39+,40?,41?,44-,45+/m0/s1. The first-order chi connectivity index (χ1) is 25.2. The highest BCUT2D eigenvalue weighted by Gasteiger charge is 2.59. The van der Waals surface area contributed by atoms with Gasteiger partial charge in [0.1, 0.15) is 6.10 Å². The molecule has 0 aromatic heterocycles. The summed E-state index contributed by atoms with van der Waals surface area (Å²) in [6.07, 6.45) is 33.3. The third-order valence-corrected chi connectivity index (χ3v) is 14.5. The van der Waals surface area contributed by atoms with Crippen LogP contribution in [0.15, 0.2) is 23.8 Å². The fourth-order valence-electron chi connectivity index (χ4n) is 11.2. The third kappa shape index (κ3) is 11.9. The monoisotopic (exact) mass is 764 g/mol. The van der Waals surface area contributed by atoms with Gasteiger partial charge in [-0.1, -0.05) is 103 Å². The fourth-order valence-corrected chi connectivity index (χ4v) is 11.6. The molecule has 298 valence electrons. The Hall–Kier alpha value is -1.20. The van der Waals surface area contributed by atoms with Gasteiger partial charge in [-0.05, 0) is 117 Å². The number of amides is 1. The number of hydrogen-bond acceptors (Lipinski definition) is 4. The number of halogens is 2. The predicted molar refractivity (Wildman–Crippen MR) is 218 cm³/mol. The molecule has 5 nitrogen and oxygen atoms in total. The zero-order valence-corrected chi connectivity index (χ0v) is 35.1. The van der Waals surface area contributed by atoms with Crippen molar-refractivity contribution >= 4 is 35.3 Å². The number of hydrogen-bond donors (Lipinski definition) is 0. The lowest BCUT2D eigenvalue weighted by molar-refractivity contribution is -0.151. The first-order valence-corrected chi connectivity index (χ1v) is 22.8. The molecule has 0 heterocycles. The fraction of sp³-hybridized carbons (Fsp3) is 0.867. The third-order valence-electron chi connectivity index (χ3n) is 14.2. The molecule has 4 aliphatic rings. The second-order valence-corrected chi connectivity index (χ2v) is 18.4. The van der Waals surface area contributed by atoms with Crippen LogP contribution in [0.2, 0.25) is 0 Å². The maximum absolute atomic E-state index is 12.8. The van der Waals surface area contributed by atoms with Gasteiger partial charge >= 0.3 is 12.1 Å². The highest BCUT2D eigenvalue weighted by atomic mass is 35.5. The van der Waals surface area contributed by atoms with Gasteiger partial charge in [-0.15, -0.1) is 23.2 Å². The summed E-state index contributed by atoms with van der Waals surface area (Å²) in [7, 11) is 0. The average Bonchev–Trinajstić information content (AvgIpc) is 3.49. The van der Waals surface area contributed by atoms with Crippen molar-refractivity contribution in [3.05, 3.63) is 23.8 Å². The zero-order chi connectivity index (χ0) is 37.4. The van der Waals surface area contributed by atoms with Crippen LogP contribution in [0.5, 0.6) is 0 Å². The molecule has 0 aliphatic heterocycles. The number of fused-ring (bicyclic) bond motifs is 5. The second-order valence-electron chi connectivity index (χ2n) is 17.6. The largest absolute Gasteiger partial charge is 0.462 e. The van der Waals surface area contributed by atoms with Gasteiger partial charge in [-0.3, -0.25) is 4.79 Å². The van der Waals surface area contributed by atoms with Crippen LogP contribution in [0.3, 0.4) is 0 Å². The molecule has 3 saturated carbocycles. The Morgan fingerprint density at radius 2 is 1.52 bits per heavy atom. The lowest BCUT2D eigenvalue weighted by Crippen LogP contribution is -2.51. The van der Waals surface area contributed by atoms with Crippen LogP contribution < -0.4 is 0 Å². The molecule has 4 aliphatic carbocycles. The van der Waals surface area contributed by atoms with Gasteiger partial charge in [0, 0.05) is 37.7 Å². The van der Waals surface area contributed by atoms with E-state index in [0.29, 0.717) is 55.6 Å². The van der Waals surface area contributed by atoms with Crippen LogP contribution in [0.25, 0.3) is 0 Å². The first kappa shape index (κ1) is 43.5. The van der Waals surface area contributed by atoms with E-state index in [9.17, 15) is 9.59 Å². The van der Waals surface area contributed by atoms with Crippen molar-refractivity contribution in [2.45, 2.75) is 175 Å². The van der Waals surface area contributed by atoms with E-state index in [-0.39, 0.29) is 29.0 Å². The van der Waals surface area contributed by atoms with Crippen molar-refractivity contribution in [3.63, 3.8) is 0 Å². The van der Waals surface area contributed by atoms with E-state index in [4.69, 9.17) is 32.7 Å². The van der Waals surface area contributed by atoms with Crippen molar-refractivity contribution in [1.29, 1.82) is 0 Å². The molecule has 0 aromatic rings. The summed E-state index contributed by atoms with van der Waals surface area (Å²) in [5.74, 6) is 3.81. The number of allylic oxidation sites excluding steroid dienone is 3. The number of nitrogens with zero attached hydrogens (tertiary/aromatic N) is 1. The molecular formula is C45H75Cl2NO4. The van der Waals surface area contributed by atoms with Gasteiger partial charge in [0.05, 0.1) is 6.61 Å². The second kappa shape index (κ2) is 22.4. The Kier molecular flexibility index (Phi) is 18.7. The smallest absolute Gasteiger partial charge is 0.409 e. The molecule has 0 radical (unpaired) electrons. The first-order valence-electron chi connectivity index (χ1n) is 21.8. The number of carbonyl (C=O) groups excluding carboxylic acids is 2. The molecule has 7 heteroatoms. The molecule has 4 rings (SSSR count). The number of ether oxygens (including phenoxy) is 2. The highest BCUT2D eigenvalue weighted by Crippen LogP contribution is 2.67. The molecule has 0 bridgehead atoms. The minimum absolute atomic E-state index is 0.0107. The van der Waals surface area contributed by atoms with Crippen molar-refractivity contribution < 1.29 is 19.1 Å². The summed E-state index contributed by atoms with van der Waals surface area (Å²) in [4.78, 5) is 27.2. The summed E-state index contributed by atoms with van der Waals surface area (Å²) in [5.41, 5.74) is 2.08. The number of carbonyl (C=O) groups is 2. The van der Waals surface area contributed by atoms with Gasteiger partial charge in [-0.2, -0.15) is 0 Å². The Morgan fingerprint density at radius 3 is 2.19 bits per heavy atom. The van der Waals surface area contributed by atoms with E-state index in [2.05, 4.69) is 45.9 Å². The van der Waals surface area contributed by atoms with E-state index < -0.39 is 0 Å². The van der Waals surface area contributed by atoms with Crippen molar-refractivity contribution in [2.24, 2.45) is 40.4 Å². The molecule has 52 heavy (non-hydrogen) atoms. The van der Waals surface area contributed by atoms with Crippen molar-refractivity contribution in [2.75, 3.05) is 31.5 Å². The van der Waals surface area contributed by atoms with E-state index in [0.717, 1.165) is 50.4 Å². The lowest BCUT2D eigenvalue weighted by atomic mass is 9.47. The molecule has 0 saturated heterocycles. The lowest BCUT2D eigenvalue weighted by Gasteiger charge is -2.58. The average molecular weight is 765 g/mol. The van der Waals surface area contributed by atoms with Gasteiger partial charge < -0.3 is 14.4 Å². The van der Waals surface area contributed by atoms with Crippen molar-refractivity contribution in [1.82, 2.24) is 4.90 Å². The quantitative estimate of drug-likeness (QED) is 0.0450. The summed E-state index contributed by atoms with van der Waals surface area (Å²) in [5, 5.41) is 0. The number of alkyl halides is 2. The Balaban J connectivity index is 1.14. The SMILES string of the molecule is CCCCCCCC/C=C\CCCCCCCC(=O)O[C@H]1CC[C@@]2(C)C(=CCC3C2CC[C@@]2(C)C3CC[C@@H]2C(C)COC(=O)N(CCCl)CCCl)C1. The Morgan fingerprint density at radius 1 is 0.865 bits per heavy atom. The molecule has 1 amide bonds. The number of rotatable bonds is 23. The van der Waals surface area contributed by atoms with Gasteiger partial charge in [0.2, 0.25) is 0 Å². The molecule has 0 aromatic carbocycles. The molecule has 0 spiro atoms. The molecule has 0 N–H and O–H groups in total. The maximum Gasteiger partial charge on any atom is 0.409 e. The zero-order valence-electron chi connectivity index (χ0n) is 33.6. The van der Waals surface area contributed by atoms with E-state index >= 15 is 0 Å². The van der Waals surface area contributed by atoms with Crippen LogP contribution in [0.1, 0.15) is 169 Å². The van der Waals surface area contributed by atoms with E-state index in [1.54, 1.807) is 10.5 Å². The van der Waals surface area contributed by atoms with Crippen LogP contribution in [0, 0.1) is 40.4 Å². The number of esters is 1. The normalized spacial score (nSPS) is 30.3.